The van der Waals surface area contributed by atoms with E-state index >= 15 is 0 Å². The van der Waals surface area contributed by atoms with E-state index in [1.165, 1.54) is 0 Å². The fourth-order valence-electron chi connectivity index (χ4n) is 2.56. The van der Waals surface area contributed by atoms with E-state index in [0.717, 1.165) is 38.6 Å². The van der Waals surface area contributed by atoms with Crippen LogP contribution in [0.2, 0.25) is 0 Å². The first-order valence-corrected chi connectivity index (χ1v) is 5.42. The second-order valence-corrected chi connectivity index (χ2v) is 4.17. The Hall–Kier alpha value is -0.830. The van der Waals surface area contributed by atoms with E-state index in [-0.39, 0.29) is 6.04 Å². The van der Waals surface area contributed by atoms with Crippen LogP contribution in [0.5, 0.6) is 0 Å². The quantitative estimate of drug-likeness (QED) is 0.647. The SMILES string of the molecule is O=C(O)C1CCC2C/C=C\CCCN21. The first-order valence-electron chi connectivity index (χ1n) is 5.42. The number of carbonyl (C=O) groups is 1. The summed E-state index contributed by atoms with van der Waals surface area (Å²) in [7, 11) is 0. The lowest BCUT2D eigenvalue weighted by Gasteiger charge is -2.28. The Labute approximate surface area is 84.4 Å². The average molecular weight is 195 g/mol. The molecular formula is C11H17NO2. The van der Waals surface area contributed by atoms with Gasteiger partial charge in [0, 0.05) is 6.04 Å². The van der Waals surface area contributed by atoms with Crippen LogP contribution in [0.3, 0.4) is 0 Å². The van der Waals surface area contributed by atoms with Gasteiger partial charge in [-0.3, -0.25) is 9.69 Å². The number of carboxylic acid groups (broad SMARTS) is 1. The monoisotopic (exact) mass is 195 g/mol. The van der Waals surface area contributed by atoms with Crippen LogP contribution in [-0.4, -0.2) is 34.6 Å². The second-order valence-electron chi connectivity index (χ2n) is 4.17. The number of allylic oxidation sites excluding steroid dienone is 1. The lowest BCUT2D eigenvalue weighted by molar-refractivity contribution is -0.142. The highest BCUT2D eigenvalue weighted by atomic mass is 16.4. The average Bonchev–Trinajstić information content (AvgIpc) is 2.47. The number of fused-ring (bicyclic) bond motifs is 1. The highest BCUT2D eigenvalue weighted by Gasteiger charge is 2.36. The van der Waals surface area contributed by atoms with Gasteiger partial charge in [-0.05, 0) is 38.6 Å². The third-order valence-electron chi connectivity index (χ3n) is 3.29. The Bertz CT molecular complexity index is 250. The summed E-state index contributed by atoms with van der Waals surface area (Å²) in [5.41, 5.74) is 0. The van der Waals surface area contributed by atoms with E-state index in [1.807, 2.05) is 0 Å². The van der Waals surface area contributed by atoms with Gasteiger partial charge in [-0.2, -0.15) is 0 Å². The number of nitrogens with zero attached hydrogens (tertiary/aromatic N) is 1. The lowest BCUT2D eigenvalue weighted by atomic mass is 10.1. The molecule has 0 saturated carbocycles. The molecule has 2 heterocycles. The largest absolute Gasteiger partial charge is 0.480 e. The number of hydrogen-bond donors (Lipinski definition) is 1. The molecule has 0 aromatic carbocycles. The predicted octanol–water partition coefficient (Wildman–Crippen LogP) is 1.64. The summed E-state index contributed by atoms with van der Waals surface area (Å²) in [4.78, 5) is 13.2. The molecule has 0 spiro atoms. The lowest BCUT2D eigenvalue weighted by Crippen LogP contribution is -2.41. The zero-order valence-corrected chi connectivity index (χ0v) is 8.35. The number of hydrogen-bond acceptors (Lipinski definition) is 2. The third kappa shape index (κ3) is 1.82. The molecule has 1 saturated heterocycles. The molecule has 14 heavy (non-hydrogen) atoms. The van der Waals surface area contributed by atoms with Crippen LogP contribution in [0.1, 0.15) is 32.1 Å². The molecule has 2 rings (SSSR count). The summed E-state index contributed by atoms with van der Waals surface area (Å²) in [5.74, 6) is -0.642. The maximum Gasteiger partial charge on any atom is 0.320 e. The van der Waals surface area contributed by atoms with Gasteiger partial charge in [-0.25, -0.2) is 0 Å². The van der Waals surface area contributed by atoms with Crippen LogP contribution >= 0.6 is 0 Å². The van der Waals surface area contributed by atoms with Gasteiger partial charge >= 0.3 is 5.97 Å². The van der Waals surface area contributed by atoms with Crippen molar-refractivity contribution in [3.63, 3.8) is 0 Å². The standard InChI is InChI=1S/C11H17NO2/c13-11(14)10-7-6-9-5-3-1-2-4-8-12(9)10/h1,3,9-10H,2,4-8H2,(H,13,14)/b3-1-. The smallest absolute Gasteiger partial charge is 0.320 e. The van der Waals surface area contributed by atoms with E-state index in [1.54, 1.807) is 0 Å². The molecule has 78 valence electrons. The van der Waals surface area contributed by atoms with Crippen molar-refractivity contribution < 1.29 is 9.90 Å². The van der Waals surface area contributed by atoms with Gasteiger partial charge in [0.25, 0.3) is 0 Å². The van der Waals surface area contributed by atoms with Crippen molar-refractivity contribution in [1.82, 2.24) is 4.90 Å². The normalized spacial score (nSPS) is 35.7. The van der Waals surface area contributed by atoms with Gasteiger partial charge in [0.05, 0.1) is 0 Å². The Balaban J connectivity index is 2.08. The predicted molar refractivity (Wildman–Crippen MR) is 54.1 cm³/mol. The third-order valence-corrected chi connectivity index (χ3v) is 3.29. The Morgan fingerprint density at radius 2 is 2.21 bits per heavy atom. The fourth-order valence-corrected chi connectivity index (χ4v) is 2.56. The van der Waals surface area contributed by atoms with Crippen molar-refractivity contribution in [3.8, 4) is 0 Å². The number of rotatable bonds is 1. The van der Waals surface area contributed by atoms with E-state index in [2.05, 4.69) is 17.1 Å². The van der Waals surface area contributed by atoms with Gasteiger partial charge in [0.1, 0.15) is 6.04 Å². The van der Waals surface area contributed by atoms with Crippen LogP contribution in [0.25, 0.3) is 0 Å². The molecule has 2 aliphatic rings. The summed E-state index contributed by atoms with van der Waals surface area (Å²) >= 11 is 0. The van der Waals surface area contributed by atoms with Crippen molar-refractivity contribution in [1.29, 1.82) is 0 Å². The maximum atomic E-state index is 11.0. The number of aliphatic carboxylic acids is 1. The minimum atomic E-state index is -0.642. The first-order chi connectivity index (χ1) is 6.79. The van der Waals surface area contributed by atoms with Crippen LogP contribution in [0.4, 0.5) is 0 Å². The van der Waals surface area contributed by atoms with Crippen molar-refractivity contribution >= 4 is 5.97 Å². The second kappa shape index (κ2) is 4.13. The summed E-state index contributed by atoms with van der Waals surface area (Å²) < 4.78 is 0. The molecule has 2 atom stereocenters. The summed E-state index contributed by atoms with van der Waals surface area (Å²) in [6.45, 7) is 0.950. The maximum absolute atomic E-state index is 11.0. The van der Waals surface area contributed by atoms with Crippen molar-refractivity contribution in [2.75, 3.05) is 6.54 Å². The highest BCUT2D eigenvalue weighted by molar-refractivity contribution is 5.73. The van der Waals surface area contributed by atoms with Crippen LogP contribution in [0.15, 0.2) is 12.2 Å². The van der Waals surface area contributed by atoms with Crippen LogP contribution < -0.4 is 0 Å². The van der Waals surface area contributed by atoms with E-state index in [0.29, 0.717) is 6.04 Å². The molecule has 0 aromatic heterocycles. The molecule has 0 bridgehead atoms. The van der Waals surface area contributed by atoms with Gasteiger partial charge in [-0.1, -0.05) is 12.2 Å². The Morgan fingerprint density at radius 3 is 3.00 bits per heavy atom. The molecule has 1 fully saturated rings. The zero-order chi connectivity index (χ0) is 9.97. The topological polar surface area (TPSA) is 40.5 Å². The Kier molecular flexibility index (Phi) is 2.87. The summed E-state index contributed by atoms with van der Waals surface area (Å²) in [6, 6.07) is 0.263. The molecule has 2 unspecified atom stereocenters. The molecule has 0 aromatic rings. The molecule has 2 aliphatic heterocycles. The molecule has 0 aliphatic carbocycles. The van der Waals surface area contributed by atoms with E-state index in [9.17, 15) is 4.79 Å². The van der Waals surface area contributed by atoms with E-state index < -0.39 is 5.97 Å². The summed E-state index contributed by atoms with van der Waals surface area (Å²) in [6.07, 6.45) is 9.53. The van der Waals surface area contributed by atoms with Crippen LogP contribution in [-0.2, 0) is 4.79 Å². The van der Waals surface area contributed by atoms with Gasteiger partial charge in [0.2, 0.25) is 0 Å². The molecule has 3 heteroatoms. The minimum Gasteiger partial charge on any atom is -0.480 e. The van der Waals surface area contributed by atoms with Gasteiger partial charge in [-0.15, -0.1) is 0 Å². The van der Waals surface area contributed by atoms with Crippen molar-refractivity contribution in [2.24, 2.45) is 0 Å². The van der Waals surface area contributed by atoms with Gasteiger partial charge in [0.15, 0.2) is 0 Å². The molecule has 1 N–H and O–H groups in total. The fraction of sp³-hybridized carbons (Fsp3) is 0.727. The van der Waals surface area contributed by atoms with Gasteiger partial charge < -0.3 is 5.11 Å². The first kappa shape index (κ1) is 9.71. The molecular weight excluding hydrogens is 178 g/mol. The number of carboxylic acids is 1. The molecule has 0 amide bonds. The van der Waals surface area contributed by atoms with Crippen molar-refractivity contribution in [2.45, 2.75) is 44.2 Å². The van der Waals surface area contributed by atoms with Crippen molar-refractivity contribution in [3.05, 3.63) is 12.2 Å². The molecule has 0 radical (unpaired) electrons. The van der Waals surface area contributed by atoms with E-state index in [4.69, 9.17) is 5.11 Å². The van der Waals surface area contributed by atoms with Crippen LogP contribution in [0, 0.1) is 0 Å². The summed E-state index contributed by atoms with van der Waals surface area (Å²) in [5, 5.41) is 9.05. The zero-order valence-electron chi connectivity index (χ0n) is 8.35. The highest BCUT2D eigenvalue weighted by Crippen LogP contribution is 2.28. The minimum absolute atomic E-state index is 0.216. The molecule has 3 nitrogen and oxygen atoms in total. The Morgan fingerprint density at radius 1 is 1.36 bits per heavy atom.